The fourth-order valence-electron chi connectivity index (χ4n) is 3.58. The average molecular weight is 442 g/mol. The quantitative estimate of drug-likeness (QED) is 0.466. The lowest BCUT2D eigenvalue weighted by Gasteiger charge is -2.28. The summed E-state index contributed by atoms with van der Waals surface area (Å²) in [6.45, 7) is 0.620. The fraction of sp³-hybridized carbons (Fsp3) is 0.227. The Hall–Kier alpha value is -3.82. The van der Waals surface area contributed by atoms with E-state index in [-0.39, 0.29) is 6.61 Å². The molecule has 4 aromatic rings. The Labute approximate surface area is 180 Å². The van der Waals surface area contributed by atoms with Gasteiger partial charge < -0.3 is 18.8 Å². The molecular formula is C22H17F3N4O3. The first-order valence-electron chi connectivity index (χ1n) is 9.72. The van der Waals surface area contributed by atoms with Gasteiger partial charge in [0.05, 0.1) is 20.0 Å². The number of hydrogen-bond acceptors (Lipinski definition) is 6. The van der Waals surface area contributed by atoms with Crippen LogP contribution < -0.4 is 14.2 Å². The molecule has 0 radical (unpaired) electrons. The SMILES string of the molecule is COc1cc(Cn2cnc3cccnc32)cc2c1O[C@@H](c1ccc(C(F)(F)F)nc1)CO2. The van der Waals surface area contributed by atoms with Crippen LogP contribution in [0.25, 0.3) is 11.2 Å². The molecule has 32 heavy (non-hydrogen) atoms. The Kier molecular flexibility index (Phi) is 4.84. The lowest BCUT2D eigenvalue weighted by Crippen LogP contribution is -2.22. The van der Waals surface area contributed by atoms with Gasteiger partial charge in [0.2, 0.25) is 5.75 Å². The Morgan fingerprint density at radius 1 is 1.16 bits per heavy atom. The van der Waals surface area contributed by atoms with Crippen molar-refractivity contribution >= 4 is 11.2 Å². The molecule has 0 saturated carbocycles. The second-order valence-corrected chi connectivity index (χ2v) is 7.24. The number of pyridine rings is 2. The Balaban J connectivity index is 1.41. The summed E-state index contributed by atoms with van der Waals surface area (Å²) in [7, 11) is 1.51. The summed E-state index contributed by atoms with van der Waals surface area (Å²) in [5, 5.41) is 0. The number of hydrogen-bond donors (Lipinski definition) is 0. The smallest absolute Gasteiger partial charge is 0.433 e. The van der Waals surface area contributed by atoms with Crippen molar-refractivity contribution in [2.75, 3.05) is 13.7 Å². The van der Waals surface area contributed by atoms with Crippen LogP contribution in [0.4, 0.5) is 13.2 Å². The molecule has 1 aromatic carbocycles. The minimum absolute atomic E-state index is 0.127. The summed E-state index contributed by atoms with van der Waals surface area (Å²) in [6.07, 6.45) is -0.529. The zero-order valence-corrected chi connectivity index (χ0v) is 16.8. The van der Waals surface area contributed by atoms with Crippen molar-refractivity contribution in [3.8, 4) is 17.2 Å². The van der Waals surface area contributed by atoms with Crippen LogP contribution in [0.15, 0.2) is 55.1 Å². The van der Waals surface area contributed by atoms with E-state index in [2.05, 4.69) is 15.0 Å². The van der Waals surface area contributed by atoms with Gasteiger partial charge in [-0.2, -0.15) is 13.2 Å². The highest BCUT2D eigenvalue weighted by Crippen LogP contribution is 2.44. The molecule has 3 aromatic heterocycles. The molecule has 164 valence electrons. The Morgan fingerprint density at radius 2 is 2.03 bits per heavy atom. The van der Waals surface area contributed by atoms with E-state index >= 15 is 0 Å². The van der Waals surface area contributed by atoms with Crippen LogP contribution in [0.2, 0.25) is 0 Å². The van der Waals surface area contributed by atoms with Crippen molar-refractivity contribution in [3.63, 3.8) is 0 Å². The van der Waals surface area contributed by atoms with Gasteiger partial charge in [0.15, 0.2) is 23.3 Å². The summed E-state index contributed by atoms with van der Waals surface area (Å²) in [5.41, 5.74) is 1.97. The Morgan fingerprint density at radius 3 is 2.78 bits per heavy atom. The molecular weight excluding hydrogens is 425 g/mol. The largest absolute Gasteiger partial charge is 0.493 e. The molecule has 0 fully saturated rings. The maximum Gasteiger partial charge on any atom is 0.433 e. The first-order chi connectivity index (χ1) is 15.4. The number of benzene rings is 1. The number of fused-ring (bicyclic) bond motifs is 2. The van der Waals surface area contributed by atoms with Crippen LogP contribution in [0, 0.1) is 0 Å². The van der Waals surface area contributed by atoms with Crippen LogP contribution >= 0.6 is 0 Å². The van der Waals surface area contributed by atoms with Crippen LogP contribution in [0.5, 0.6) is 17.2 Å². The molecule has 7 nitrogen and oxygen atoms in total. The molecule has 0 amide bonds. The third kappa shape index (κ3) is 3.68. The van der Waals surface area contributed by atoms with E-state index in [1.165, 1.54) is 13.2 Å². The number of aromatic nitrogens is 4. The minimum atomic E-state index is -4.50. The summed E-state index contributed by atoms with van der Waals surface area (Å²) in [5.74, 6) is 1.34. The molecule has 5 rings (SSSR count). The zero-order valence-electron chi connectivity index (χ0n) is 16.8. The number of alkyl halides is 3. The third-order valence-corrected chi connectivity index (χ3v) is 5.13. The van der Waals surface area contributed by atoms with Gasteiger partial charge in [-0.05, 0) is 35.9 Å². The molecule has 1 aliphatic heterocycles. The van der Waals surface area contributed by atoms with E-state index in [4.69, 9.17) is 14.2 Å². The maximum absolute atomic E-state index is 12.8. The lowest BCUT2D eigenvalue weighted by atomic mass is 10.1. The van der Waals surface area contributed by atoms with E-state index < -0.39 is 18.0 Å². The summed E-state index contributed by atoms with van der Waals surface area (Å²) in [4.78, 5) is 12.2. The second-order valence-electron chi connectivity index (χ2n) is 7.24. The molecule has 0 N–H and O–H groups in total. The van der Waals surface area contributed by atoms with Crippen LogP contribution in [0.1, 0.15) is 22.9 Å². The van der Waals surface area contributed by atoms with Crippen molar-refractivity contribution < 1.29 is 27.4 Å². The average Bonchev–Trinajstić information content (AvgIpc) is 3.20. The maximum atomic E-state index is 12.8. The van der Waals surface area contributed by atoms with Gasteiger partial charge in [-0.3, -0.25) is 4.98 Å². The van der Waals surface area contributed by atoms with Crippen LogP contribution in [-0.2, 0) is 12.7 Å². The molecule has 0 bridgehead atoms. The van der Waals surface area contributed by atoms with Gasteiger partial charge in [-0.15, -0.1) is 0 Å². The monoisotopic (exact) mass is 442 g/mol. The van der Waals surface area contributed by atoms with E-state index in [9.17, 15) is 13.2 Å². The van der Waals surface area contributed by atoms with Crippen molar-refractivity contribution in [3.05, 3.63) is 71.9 Å². The minimum Gasteiger partial charge on any atom is -0.493 e. The molecule has 0 saturated heterocycles. The fourth-order valence-corrected chi connectivity index (χ4v) is 3.58. The Bertz CT molecular complexity index is 1250. The van der Waals surface area contributed by atoms with E-state index in [1.807, 2.05) is 28.8 Å². The van der Waals surface area contributed by atoms with Crippen molar-refractivity contribution in [1.29, 1.82) is 0 Å². The van der Waals surface area contributed by atoms with Gasteiger partial charge in [-0.25, -0.2) is 9.97 Å². The zero-order chi connectivity index (χ0) is 22.3. The first-order valence-corrected chi connectivity index (χ1v) is 9.72. The summed E-state index contributed by atoms with van der Waals surface area (Å²) >= 11 is 0. The normalized spacial score (nSPS) is 15.7. The van der Waals surface area contributed by atoms with Gasteiger partial charge in [-0.1, -0.05) is 6.07 Å². The molecule has 0 aliphatic carbocycles. The van der Waals surface area contributed by atoms with Crippen LogP contribution in [-0.4, -0.2) is 33.2 Å². The number of rotatable bonds is 4. The van der Waals surface area contributed by atoms with E-state index in [1.54, 1.807) is 12.5 Å². The van der Waals surface area contributed by atoms with E-state index in [0.29, 0.717) is 29.4 Å². The van der Waals surface area contributed by atoms with Crippen molar-refractivity contribution in [2.45, 2.75) is 18.8 Å². The predicted molar refractivity (Wildman–Crippen MR) is 108 cm³/mol. The van der Waals surface area contributed by atoms with Gasteiger partial charge in [0.25, 0.3) is 0 Å². The highest BCUT2D eigenvalue weighted by Gasteiger charge is 2.33. The van der Waals surface area contributed by atoms with Crippen molar-refractivity contribution in [1.82, 2.24) is 19.5 Å². The van der Waals surface area contributed by atoms with Gasteiger partial charge in [0.1, 0.15) is 17.8 Å². The topological polar surface area (TPSA) is 71.3 Å². The molecule has 0 unspecified atom stereocenters. The van der Waals surface area contributed by atoms with Gasteiger partial charge in [0, 0.05) is 18.0 Å². The van der Waals surface area contributed by atoms with Gasteiger partial charge >= 0.3 is 6.18 Å². The highest BCUT2D eigenvalue weighted by molar-refractivity contribution is 5.70. The summed E-state index contributed by atoms with van der Waals surface area (Å²) < 4.78 is 57.6. The number of ether oxygens (including phenoxy) is 3. The number of nitrogens with zero attached hydrogens (tertiary/aromatic N) is 4. The second kappa shape index (κ2) is 7.70. The number of halogens is 3. The number of imidazole rings is 1. The highest BCUT2D eigenvalue weighted by atomic mass is 19.4. The molecule has 10 heteroatoms. The summed E-state index contributed by atoms with van der Waals surface area (Å²) in [6, 6.07) is 9.65. The molecule has 4 heterocycles. The van der Waals surface area contributed by atoms with E-state index in [0.717, 1.165) is 29.0 Å². The molecule has 0 spiro atoms. The first kappa shape index (κ1) is 20.1. The lowest BCUT2D eigenvalue weighted by molar-refractivity contribution is -0.141. The van der Waals surface area contributed by atoms with Crippen molar-refractivity contribution in [2.24, 2.45) is 0 Å². The molecule has 1 aliphatic rings. The molecule has 1 atom stereocenters. The number of methoxy groups -OCH3 is 1. The third-order valence-electron chi connectivity index (χ3n) is 5.13. The predicted octanol–water partition coefficient (Wildman–Crippen LogP) is 4.41. The standard InChI is InChI=1S/C22H17F3N4O3/c1-30-16-7-13(10-29-12-28-15-3-2-6-26-21(15)29)8-17-20(16)32-18(11-31-17)14-4-5-19(27-9-14)22(23,24)25/h2-9,12,18H,10-11H2,1H3/t18-/m1/s1. The van der Waals surface area contributed by atoms with Crippen LogP contribution in [0.3, 0.4) is 0 Å².